The van der Waals surface area contributed by atoms with E-state index in [1.54, 1.807) is 0 Å². The first-order chi connectivity index (χ1) is 12.8. The second kappa shape index (κ2) is 17.8. The summed E-state index contributed by atoms with van der Waals surface area (Å²) in [7, 11) is 0. The van der Waals surface area contributed by atoms with Crippen molar-refractivity contribution in [3.8, 4) is 0 Å². The number of piperidine rings is 1. The van der Waals surface area contributed by atoms with Gasteiger partial charge in [0.25, 0.3) is 0 Å². The lowest BCUT2D eigenvalue weighted by atomic mass is 10.0. The smallest absolute Gasteiger partial charge is 0.305 e. The number of rotatable bonds is 17. The van der Waals surface area contributed by atoms with Crippen molar-refractivity contribution in [1.29, 1.82) is 0 Å². The molecule has 0 aromatic heterocycles. The Morgan fingerprint density at radius 3 is 1.77 bits per heavy atom. The van der Waals surface area contributed by atoms with E-state index < -0.39 is 0 Å². The molecule has 1 fully saturated rings. The fourth-order valence-electron chi connectivity index (χ4n) is 3.83. The summed E-state index contributed by atoms with van der Waals surface area (Å²) in [5.74, 6) is 0.00471. The molecule has 3 heteroatoms. The van der Waals surface area contributed by atoms with Gasteiger partial charge in [0.15, 0.2) is 0 Å². The van der Waals surface area contributed by atoms with Crippen molar-refractivity contribution >= 4 is 5.97 Å². The molecule has 0 aromatic rings. The number of ether oxygens (including phenoxy) is 1. The Labute approximate surface area is 163 Å². The van der Waals surface area contributed by atoms with E-state index in [9.17, 15) is 4.79 Å². The third-order valence-corrected chi connectivity index (χ3v) is 5.60. The summed E-state index contributed by atoms with van der Waals surface area (Å²) in [5, 5.41) is 0. The lowest BCUT2D eigenvalue weighted by Gasteiger charge is -2.25. The quantitative estimate of drug-likeness (QED) is 0.217. The van der Waals surface area contributed by atoms with Gasteiger partial charge in [-0.3, -0.25) is 9.69 Å². The topological polar surface area (TPSA) is 29.5 Å². The van der Waals surface area contributed by atoms with Crippen LogP contribution < -0.4 is 0 Å². The Morgan fingerprint density at radius 2 is 1.23 bits per heavy atom. The molecular formula is C23H45NO2. The molecule has 0 spiro atoms. The Kier molecular flexibility index (Phi) is 16.1. The number of hydrogen-bond donors (Lipinski definition) is 0. The highest BCUT2D eigenvalue weighted by molar-refractivity contribution is 5.69. The number of carbonyl (C=O) groups excluding carboxylic acids is 1. The standard InChI is InChI=1S/C23H45NO2/c1-2-3-4-5-6-7-8-9-10-11-12-13-15-18-23(25)26-22-21-24-19-16-14-17-20-24/h2-22H2,1H3. The lowest BCUT2D eigenvalue weighted by Crippen LogP contribution is -2.33. The van der Waals surface area contributed by atoms with Gasteiger partial charge in [-0.1, -0.05) is 90.4 Å². The molecule has 0 aliphatic carbocycles. The number of carbonyl (C=O) groups is 1. The number of esters is 1. The van der Waals surface area contributed by atoms with E-state index in [0.29, 0.717) is 13.0 Å². The molecule has 0 unspecified atom stereocenters. The first-order valence-electron chi connectivity index (χ1n) is 11.7. The molecule has 1 aliphatic rings. The molecule has 1 rings (SSSR count). The predicted molar refractivity (Wildman–Crippen MR) is 112 cm³/mol. The Balaban J connectivity index is 1.74. The molecule has 1 aliphatic heterocycles. The summed E-state index contributed by atoms with van der Waals surface area (Å²) in [6, 6.07) is 0. The summed E-state index contributed by atoms with van der Waals surface area (Å²) in [4.78, 5) is 14.2. The second-order valence-electron chi connectivity index (χ2n) is 8.12. The number of hydrogen-bond acceptors (Lipinski definition) is 3. The first-order valence-corrected chi connectivity index (χ1v) is 11.7. The molecule has 0 N–H and O–H groups in total. The minimum absolute atomic E-state index is 0.00471. The maximum absolute atomic E-state index is 11.7. The van der Waals surface area contributed by atoms with E-state index in [2.05, 4.69) is 11.8 Å². The largest absolute Gasteiger partial charge is 0.464 e. The summed E-state index contributed by atoms with van der Waals surface area (Å²) in [6.45, 7) is 6.13. The van der Waals surface area contributed by atoms with E-state index in [0.717, 1.165) is 13.0 Å². The maximum atomic E-state index is 11.7. The van der Waals surface area contributed by atoms with Crippen LogP contribution in [-0.2, 0) is 9.53 Å². The van der Waals surface area contributed by atoms with E-state index in [-0.39, 0.29) is 5.97 Å². The highest BCUT2D eigenvalue weighted by atomic mass is 16.5. The van der Waals surface area contributed by atoms with Crippen molar-refractivity contribution in [1.82, 2.24) is 4.90 Å². The molecule has 0 atom stereocenters. The SMILES string of the molecule is CCCCCCCCCCCCCCCC(=O)OCCN1CCCCC1. The van der Waals surface area contributed by atoms with Gasteiger partial charge in [0, 0.05) is 13.0 Å². The van der Waals surface area contributed by atoms with Gasteiger partial charge in [-0.25, -0.2) is 0 Å². The monoisotopic (exact) mass is 367 g/mol. The molecule has 1 saturated heterocycles. The van der Waals surface area contributed by atoms with Gasteiger partial charge < -0.3 is 4.74 Å². The fraction of sp³-hybridized carbons (Fsp3) is 0.957. The van der Waals surface area contributed by atoms with Gasteiger partial charge in [-0.05, 0) is 32.4 Å². The van der Waals surface area contributed by atoms with Crippen LogP contribution in [0.2, 0.25) is 0 Å². The molecular weight excluding hydrogens is 322 g/mol. The van der Waals surface area contributed by atoms with Gasteiger partial charge in [0.05, 0.1) is 0 Å². The molecule has 3 nitrogen and oxygen atoms in total. The van der Waals surface area contributed by atoms with Crippen molar-refractivity contribution in [2.45, 2.75) is 116 Å². The number of unbranched alkanes of at least 4 members (excludes halogenated alkanes) is 12. The van der Waals surface area contributed by atoms with Crippen LogP contribution in [0.5, 0.6) is 0 Å². The number of nitrogens with zero attached hydrogens (tertiary/aromatic N) is 1. The summed E-state index contributed by atoms with van der Waals surface area (Å²) >= 11 is 0. The van der Waals surface area contributed by atoms with Crippen LogP contribution >= 0.6 is 0 Å². The Morgan fingerprint density at radius 1 is 0.731 bits per heavy atom. The maximum Gasteiger partial charge on any atom is 0.305 e. The van der Waals surface area contributed by atoms with Gasteiger partial charge >= 0.3 is 5.97 Å². The zero-order chi connectivity index (χ0) is 18.7. The molecule has 0 saturated carbocycles. The zero-order valence-corrected chi connectivity index (χ0v) is 17.6. The molecule has 0 amide bonds. The van der Waals surface area contributed by atoms with Crippen LogP contribution in [0.15, 0.2) is 0 Å². The van der Waals surface area contributed by atoms with E-state index in [4.69, 9.17) is 4.74 Å². The molecule has 26 heavy (non-hydrogen) atoms. The van der Waals surface area contributed by atoms with Gasteiger partial charge in [0.1, 0.15) is 6.61 Å². The lowest BCUT2D eigenvalue weighted by molar-refractivity contribution is -0.144. The number of likely N-dealkylation sites (tertiary alicyclic amines) is 1. The minimum Gasteiger partial charge on any atom is -0.464 e. The Bertz CT molecular complexity index is 313. The predicted octanol–water partition coefficient (Wildman–Crippen LogP) is 6.50. The minimum atomic E-state index is 0.00471. The summed E-state index contributed by atoms with van der Waals surface area (Å²) < 4.78 is 5.37. The van der Waals surface area contributed by atoms with Crippen molar-refractivity contribution in [2.24, 2.45) is 0 Å². The Hall–Kier alpha value is -0.570. The van der Waals surface area contributed by atoms with Gasteiger partial charge in [-0.2, -0.15) is 0 Å². The van der Waals surface area contributed by atoms with Crippen molar-refractivity contribution < 1.29 is 9.53 Å². The van der Waals surface area contributed by atoms with Crippen LogP contribution in [0.3, 0.4) is 0 Å². The molecule has 0 radical (unpaired) electrons. The van der Waals surface area contributed by atoms with E-state index in [1.807, 2.05) is 0 Å². The molecule has 154 valence electrons. The third kappa shape index (κ3) is 14.6. The highest BCUT2D eigenvalue weighted by Gasteiger charge is 2.10. The average molecular weight is 368 g/mol. The van der Waals surface area contributed by atoms with Crippen LogP contribution in [0.4, 0.5) is 0 Å². The molecule has 0 bridgehead atoms. The van der Waals surface area contributed by atoms with Gasteiger partial charge in [-0.15, -0.1) is 0 Å². The van der Waals surface area contributed by atoms with Crippen LogP contribution in [0.1, 0.15) is 116 Å². The molecule has 1 heterocycles. The van der Waals surface area contributed by atoms with Crippen molar-refractivity contribution in [2.75, 3.05) is 26.2 Å². The third-order valence-electron chi connectivity index (χ3n) is 5.60. The van der Waals surface area contributed by atoms with E-state index >= 15 is 0 Å². The molecule has 0 aromatic carbocycles. The van der Waals surface area contributed by atoms with Gasteiger partial charge in [0.2, 0.25) is 0 Å². The fourth-order valence-corrected chi connectivity index (χ4v) is 3.83. The normalized spacial score (nSPS) is 15.3. The summed E-state index contributed by atoms with van der Waals surface area (Å²) in [5.41, 5.74) is 0. The van der Waals surface area contributed by atoms with Crippen LogP contribution in [0.25, 0.3) is 0 Å². The second-order valence-corrected chi connectivity index (χ2v) is 8.12. The average Bonchev–Trinajstić information content (AvgIpc) is 2.66. The van der Waals surface area contributed by atoms with Crippen molar-refractivity contribution in [3.05, 3.63) is 0 Å². The first kappa shape index (κ1) is 23.5. The zero-order valence-electron chi connectivity index (χ0n) is 17.6. The summed E-state index contributed by atoms with van der Waals surface area (Å²) in [6.07, 6.45) is 22.0. The van der Waals surface area contributed by atoms with Crippen molar-refractivity contribution in [3.63, 3.8) is 0 Å². The van der Waals surface area contributed by atoms with Crippen LogP contribution in [0, 0.1) is 0 Å². The van der Waals surface area contributed by atoms with E-state index in [1.165, 1.54) is 109 Å². The van der Waals surface area contributed by atoms with Crippen LogP contribution in [-0.4, -0.2) is 37.1 Å². The highest BCUT2D eigenvalue weighted by Crippen LogP contribution is 2.13.